The maximum absolute atomic E-state index is 12.4. The van der Waals surface area contributed by atoms with Crippen molar-refractivity contribution in [2.75, 3.05) is 50.5 Å². The molecule has 4 rings (SSSR count). The van der Waals surface area contributed by atoms with Crippen LogP contribution in [-0.2, 0) is 25.9 Å². The van der Waals surface area contributed by atoms with E-state index in [0.29, 0.717) is 51.1 Å². The minimum atomic E-state index is -3.22. The lowest BCUT2D eigenvalue weighted by Gasteiger charge is -2.35. The Kier molecular flexibility index (Phi) is 7.29. The van der Waals surface area contributed by atoms with Gasteiger partial charge in [0, 0.05) is 45.3 Å². The Morgan fingerprint density at radius 3 is 2.30 bits per heavy atom. The van der Waals surface area contributed by atoms with Crippen LogP contribution in [0.15, 0.2) is 41.6 Å². The van der Waals surface area contributed by atoms with Crippen LogP contribution in [-0.4, -0.2) is 81.1 Å². The number of benzene rings is 1. The van der Waals surface area contributed by atoms with E-state index >= 15 is 0 Å². The molecule has 0 radical (unpaired) electrons. The van der Waals surface area contributed by atoms with Crippen LogP contribution in [0.1, 0.15) is 18.4 Å². The molecule has 2 fully saturated rings. The molecule has 1 aromatic carbocycles. The van der Waals surface area contributed by atoms with Gasteiger partial charge in [-0.2, -0.15) is 0 Å². The van der Waals surface area contributed by atoms with Crippen LogP contribution >= 0.6 is 0 Å². The summed E-state index contributed by atoms with van der Waals surface area (Å²) in [5.41, 5.74) is 0.843. The van der Waals surface area contributed by atoms with E-state index in [1.165, 1.54) is 6.26 Å². The van der Waals surface area contributed by atoms with Crippen LogP contribution in [0.3, 0.4) is 0 Å². The highest BCUT2D eigenvalue weighted by Gasteiger charge is 2.26. The average molecular weight is 477 g/mol. The summed E-state index contributed by atoms with van der Waals surface area (Å²) in [7, 11) is -3.22. The first-order chi connectivity index (χ1) is 15.9. The smallest absolute Gasteiger partial charge is 0.410 e. The molecule has 1 amide bonds. The van der Waals surface area contributed by atoms with E-state index in [1.807, 2.05) is 4.90 Å². The van der Waals surface area contributed by atoms with Crippen LogP contribution in [0.5, 0.6) is 5.75 Å². The van der Waals surface area contributed by atoms with Gasteiger partial charge in [0.25, 0.3) is 0 Å². The maximum Gasteiger partial charge on any atom is 0.410 e. The standard InChI is InChI=1S/C22H28N4O6S/c1-33(28,29)20-4-2-17(3-5-20)16-31-19-14-23-21(24-15-19)25-8-10-26(11-9-25)22(27)32-18-6-12-30-13-7-18/h2-5,14-15,18H,6-13,16H2,1H3. The summed E-state index contributed by atoms with van der Waals surface area (Å²) in [6, 6.07) is 6.57. The van der Waals surface area contributed by atoms with Crippen LogP contribution in [0.25, 0.3) is 0 Å². The monoisotopic (exact) mass is 476 g/mol. The highest BCUT2D eigenvalue weighted by molar-refractivity contribution is 7.90. The number of hydrogen-bond acceptors (Lipinski definition) is 9. The molecule has 1 aromatic heterocycles. The van der Waals surface area contributed by atoms with Gasteiger partial charge in [0.2, 0.25) is 5.95 Å². The number of ether oxygens (including phenoxy) is 3. The van der Waals surface area contributed by atoms with Crippen molar-refractivity contribution < 1.29 is 27.4 Å². The number of aromatic nitrogens is 2. The van der Waals surface area contributed by atoms with Crippen molar-refractivity contribution in [1.29, 1.82) is 0 Å². The molecular formula is C22H28N4O6S. The van der Waals surface area contributed by atoms with Crippen molar-refractivity contribution in [3.8, 4) is 5.75 Å². The molecule has 33 heavy (non-hydrogen) atoms. The van der Waals surface area contributed by atoms with E-state index < -0.39 is 9.84 Å². The molecule has 2 saturated heterocycles. The number of rotatable bonds is 6. The van der Waals surface area contributed by atoms with Crippen LogP contribution < -0.4 is 9.64 Å². The molecule has 2 aliphatic rings. The number of carbonyl (C=O) groups is 1. The molecule has 11 heteroatoms. The zero-order valence-corrected chi connectivity index (χ0v) is 19.4. The van der Waals surface area contributed by atoms with E-state index in [4.69, 9.17) is 14.2 Å². The number of sulfone groups is 1. The second-order valence-electron chi connectivity index (χ2n) is 8.09. The normalized spacial score (nSPS) is 17.6. The quantitative estimate of drug-likeness (QED) is 0.617. The van der Waals surface area contributed by atoms with Gasteiger partial charge in [-0.15, -0.1) is 0 Å². The Morgan fingerprint density at radius 1 is 1.06 bits per heavy atom. The van der Waals surface area contributed by atoms with Gasteiger partial charge in [-0.05, 0) is 17.7 Å². The Morgan fingerprint density at radius 2 is 1.70 bits per heavy atom. The van der Waals surface area contributed by atoms with E-state index in [9.17, 15) is 13.2 Å². The minimum absolute atomic E-state index is 0.0576. The fraction of sp³-hybridized carbons (Fsp3) is 0.500. The fourth-order valence-corrected chi connectivity index (χ4v) is 4.28. The predicted octanol–water partition coefficient (Wildman–Crippen LogP) is 1.90. The number of amides is 1. The first-order valence-electron chi connectivity index (χ1n) is 10.9. The molecule has 0 N–H and O–H groups in total. The molecule has 0 saturated carbocycles. The molecule has 3 heterocycles. The highest BCUT2D eigenvalue weighted by Crippen LogP contribution is 2.18. The lowest BCUT2D eigenvalue weighted by molar-refractivity contribution is -0.0106. The van der Waals surface area contributed by atoms with E-state index in [2.05, 4.69) is 9.97 Å². The predicted molar refractivity (Wildman–Crippen MR) is 120 cm³/mol. The maximum atomic E-state index is 12.4. The SMILES string of the molecule is CS(=O)(=O)c1ccc(COc2cnc(N3CCN(C(=O)OC4CCOCC4)CC3)nc2)cc1. The van der Waals surface area contributed by atoms with Crippen molar-refractivity contribution in [2.45, 2.75) is 30.4 Å². The molecule has 0 bridgehead atoms. The van der Waals surface area contributed by atoms with Gasteiger partial charge in [0.05, 0.1) is 30.5 Å². The van der Waals surface area contributed by atoms with Crippen LogP contribution in [0.4, 0.5) is 10.7 Å². The number of anilines is 1. The van der Waals surface area contributed by atoms with Crippen molar-refractivity contribution in [1.82, 2.24) is 14.9 Å². The summed E-state index contributed by atoms with van der Waals surface area (Å²) in [4.78, 5) is 25.2. The summed E-state index contributed by atoms with van der Waals surface area (Å²) in [6.07, 6.45) is 5.57. The third-order valence-electron chi connectivity index (χ3n) is 5.63. The lowest BCUT2D eigenvalue weighted by Crippen LogP contribution is -2.50. The number of nitrogens with zero attached hydrogens (tertiary/aromatic N) is 4. The van der Waals surface area contributed by atoms with Crippen LogP contribution in [0, 0.1) is 0 Å². The van der Waals surface area contributed by atoms with Crippen molar-refractivity contribution >= 4 is 21.9 Å². The molecular weight excluding hydrogens is 448 g/mol. The second kappa shape index (κ2) is 10.3. The third-order valence-corrected chi connectivity index (χ3v) is 6.76. The zero-order chi connectivity index (χ0) is 23.3. The second-order valence-corrected chi connectivity index (χ2v) is 10.1. The van der Waals surface area contributed by atoms with Crippen molar-refractivity contribution in [2.24, 2.45) is 0 Å². The molecule has 178 valence electrons. The van der Waals surface area contributed by atoms with Crippen LogP contribution in [0.2, 0.25) is 0 Å². The first kappa shape index (κ1) is 23.2. The van der Waals surface area contributed by atoms with Gasteiger partial charge < -0.3 is 24.0 Å². The molecule has 0 unspecified atom stereocenters. The van der Waals surface area contributed by atoms with E-state index in [1.54, 1.807) is 41.6 Å². The Bertz CT molecular complexity index is 1030. The van der Waals surface area contributed by atoms with Gasteiger partial charge in [0.15, 0.2) is 15.6 Å². The molecule has 0 spiro atoms. The molecule has 2 aromatic rings. The van der Waals surface area contributed by atoms with E-state index in [0.717, 1.165) is 18.4 Å². The topological polar surface area (TPSA) is 111 Å². The number of hydrogen-bond donors (Lipinski definition) is 0. The Balaban J connectivity index is 1.23. The largest absolute Gasteiger partial charge is 0.486 e. The fourth-order valence-electron chi connectivity index (χ4n) is 3.65. The molecule has 2 aliphatic heterocycles. The van der Waals surface area contributed by atoms with Gasteiger partial charge in [-0.3, -0.25) is 0 Å². The van der Waals surface area contributed by atoms with Gasteiger partial charge in [-0.1, -0.05) is 12.1 Å². The van der Waals surface area contributed by atoms with Crippen molar-refractivity contribution in [3.05, 3.63) is 42.2 Å². The lowest BCUT2D eigenvalue weighted by atomic mass is 10.2. The minimum Gasteiger partial charge on any atom is -0.486 e. The van der Waals surface area contributed by atoms with Gasteiger partial charge in [0.1, 0.15) is 12.7 Å². The summed E-state index contributed by atoms with van der Waals surface area (Å²) in [5.74, 6) is 1.10. The first-order valence-corrected chi connectivity index (χ1v) is 12.8. The number of piperazine rings is 1. The molecule has 0 aliphatic carbocycles. The Labute approximate surface area is 193 Å². The van der Waals surface area contributed by atoms with Gasteiger partial charge >= 0.3 is 6.09 Å². The number of carbonyl (C=O) groups excluding carboxylic acids is 1. The molecule has 0 atom stereocenters. The summed E-state index contributed by atoms with van der Waals surface area (Å²) >= 11 is 0. The van der Waals surface area contributed by atoms with Crippen molar-refractivity contribution in [3.63, 3.8) is 0 Å². The summed E-state index contributed by atoms with van der Waals surface area (Å²) in [6.45, 7) is 3.89. The highest BCUT2D eigenvalue weighted by atomic mass is 32.2. The van der Waals surface area contributed by atoms with E-state index in [-0.39, 0.29) is 23.7 Å². The average Bonchev–Trinajstić information content (AvgIpc) is 2.83. The molecule has 10 nitrogen and oxygen atoms in total. The van der Waals surface area contributed by atoms with Gasteiger partial charge in [-0.25, -0.2) is 23.2 Å². The Hall–Kier alpha value is -2.92. The summed E-state index contributed by atoms with van der Waals surface area (Å²) < 4.78 is 39.7. The zero-order valence-electron chi connectivity index (χ0n) is 18.6. The summed E-state index contributed by atoms with van der Waals surface area (Å²) in [5, 5.41) is 0. The third kappa shape index (κ3) is 6.32.